The molecule has 1 amide bonds. The van der Waals surface area contributed by atoms with Crippen molar-refractivity contribution < 1.29 is 9.53 Å². The highest BCUT2D eigenvalue weighted by Gasteiger charge is 2.24. The fourth-order valence-corrected chi connectivity index (χ4v) is 3.63. The van der Waals surface area contributed by atoms with Gasteiger partial charge in [-0.15, -0.1) is 36.2 Å². The molecular formula is C17H23Cl2N3O2S. The van der Waals surface area contributed by atoms with Crippen LogP contribution in [0.3, 0.4) is 0 Å². The minimum atomic E-state index is -0.127. The van der Waals surface area contributed by atoms with Crippen LogP contribution in [0.15, 0.2) is 41.8 Å². The van der Waals surface area contributed by atoms with Crippen molar-refractivity contribution in [3.05, 3.63) is 52.2 Å². The Labute approximate surface area is 164 Å². The average molecular weight is 404 g/mol. The van der Waals surface area contributed by atoms with Gasteiger partial charge in [-0.05, 0) is 23.6 Å². The van der Waals surface area contributed by atoms with Gasteiger partial charge in [-0.1, -0.05) is 18.2 Å². The quantitative estimate of drug-likeness (QED) is 0.752. The van der Waals surface area contributed by atoms with Gasteiger partial charge in [0.2, 0.25) is 0 Å². The molecule has 0 aliphatic carbocycles. The summed E-state index contributed by atoms with van der Waals surface area (Å²) in [5.74, 6) is -0.127. The summed E-state index contributed by atoms with van der Waals surface area (Å²) in [6.45, 7) is 3.80. The second-order valence-corrected chi connectivity index (χ2v) is 6.46. The predicted molar refractivity (Wildman–Crippen MR) is 107 cm³/mol. The number of nitrogen functional groups attached to an aromatic ring is 1. The molecule has 2 aromatic rings. The minimum absolute atomic E-state index is 0. The molecule has 0 saturated carbocycles. The third-order valence-electron chi connectivity index (χ3n) is 4.02. The van der Waals surface area contributed by atoms with Crippen LogP contribution in [-0.2, 0) is 4.74 Å². The number of benzene rings is 1. The molecule has 2 heterocycles. The molecule has 1 aliphatic rings. The Bertz CT molecular complexity index is 649. The fraction of sp³-hybridized carbons (Fsp3) is 0.353. The lowest BCUT2D eigenvalue weighted by Gasteiger charge is -2.34. The van der Waals surface area contributed by atoms with Gasteiger partial charge in [-0.3, -0.25) is 9.69 Å². The smallest absolute Gasteiger partial charge is 0.253 e. The van der Waals surface area contributed by atoms with Crippen molar-refractivity contribution >= 4 is 47.7 Å². The number of rotatable bonds is 5. The van der Waals surface area contributed by atoms with Crippen LogP contribution < -0.4 is 11.1 Å². The normalized spacial score (nSPS) is 15.5. The van der Waals surface area contributed by atoms with Gasteiger partial charge < -0.3 is 15.8 Å². The standard InChI is InChI=1S/C17H21N3O2S.2ClH/c18-14-5-2-1-4-13(14)17(21)19-12-15(16-6-3-11-23-16)20-7-9-22-10-8-20;;/h1-6,11,15H,7-10,12,18H2,(H,19,21);2*1H. The maximum absolute atomic E-state index is 12.4. The van der Waals surface area contributed by atoms with E-state index in [0.29, 0.717) is 17.8 Å². The van der Waals surface area contributed by atoms with Gasteiger partial charge in [0.25, 0.3) is 5.91 Å². The Kier molecular flexibility index (Phi) is 9.24. The number of thiophene rings is 1. The van der Waals surface area contributed by atoms with Crippen molar-refractivity contribution in [3.8, 4) is 0 Å². The monoisotopic (exact) mass is 403 g/mol. The predicted octanol–water partition coefficient (Wildman–Crippen LogP) is 2.98. The van der Waals surface area contributed by atoms with Crippen LogP contribution in [0.5, 0.6) is 0 Å². The van der Waals surface area contributed by atoms with E-state index in [2.05, 4.69) is 21.7 Å². The van der Waals surface area contributed by atoms with Crippen molar-refractivity contribution in [2.45, 2.75) is 6.04 Å². The molecule has 3 N–H and O–H groups in total. The molecule has 1 saturated heterocycles. The van der Waals surface area contributed by atoms with Gasteiger partial charge in [0, 0.05) is 30.2 Å². The molecule has 25 heavy (non-hydrogen) atoms. The lowest BCUT2D eigenvalue weighted by molar-refractivity contribution is 0.0169. The number of halogens is 2. The molecule has 138 valence electrons. The zero-order valence-electron chi connectivity index (χ0n) is 13.7. The molecule has 3 rings (SSSR count). The summed E-state index contributed by atoms with van der Waals surface area (Å²) in [5, 5.41) is 5.10. The molecule has 1 unspecified atom stereocenters. The number of hydrogen-bond acceptors (Lipinski definition) is 5. The van der Waals surface area contributed by atoms with Gasteiger partial charge in [-0.25, -0.2) is 0 Å². The maximum Gasteiger partial charge on any atom is 0.253 e. The number of nitrogens with zero attached hydrogens (tertiary/aromatic N) is 1. The summed E-state index contributed by atoms with van der Waals surface area (Å²) in [4.78, 5) is 16.0. The number of hydrogen-bond donors (Lipinski definition) is 2. The Hall–Kier alpha value is -1.31. The Morgan fingerprint density at radius 1 is 1.20 bits per heavy atom. The number of morpholine rings is 1. The van der Waals surface area contributed by atoms with E-state index in [0.717, 1.165) is 26.3 Å². The van der Waals surface area contributed by atoms with E-state index in [9.17, 15) is 4.79 Å². The van der Waals surface area contributed by atoms with Crippen LogP contribution in [0.4, 0.5) is 5.69 Å². The third kappa shape index (κ3) is 5.59. The second-order valence-electron chi connectivity index (χ2n) is 5.48. The number of amides is 1. The molecule has 0 spiro atoms. The highest BCUT2D eigenvalue weighted by molar-refractivity contribution is 7.10. The number of anilines is 1. The first-order valence-corrected chi connectivity index (χ1v) is 8.61. The first kappa shape index (κ1) is 21.7. The molecule has 1 aliphatic heterocycles. The first-order chi connectivity index (χ1) is 11.3. The third-order valence-corrected chi connectivity index (χ3v) is 4.99. The van der Waals surface area contributed by atoms with Gasteiger partial charge in [0.05, 0.1) is 24.8 Å². The highest BCUT2D eigenvalue weighted by atomic mass is 35.5. The van der Waals surface area contributed by atoms with Crippen molar-refractivity contribution in [1.29, 1.82) is 0 Å². The summed E-state index contributed by atoms with van der Waals surface area (Å²) >= 11 is 1.72. The lowest BCUT2D eigenvalue weighted by Crippen LogP contribution is -2.43. The number of nitrogens with one attached hydrogen (secondary N) is 1. The number of ether oxygens (including phenoxy) is 1. The van der Waals surface area contributed by atoms with E-state index in [4.69, 9.17) is 10.5 Å². The molecular weight excluding hydrogens is 381 g/mol. The molecule has 1 aromatic heterocycles. The zero-order valence-corrected chi connectivity index (χ0v) is 16.2. The Morgan fingerprint density at radius 2 is 1.92 bits per heavy atom. The summed E-state index contributed by atoms with van der Waals surface area (Å²) < 4.78 is 5.44. The molecule has 5 nitrogen and oxygen atoms in total. The second kappa shape index (κ2) is 10.6. The molecule has 0 radical (unpaired) electrons. The number of carbonyl (C=O) groups excluding carboxylic acids is 1. The fourth-order valence-electron chi connectivity index (χ4n) is 2.77. The van der Waals surface area contributed by atoms with Crippen LogP contribution in [-0.4, -0.2) is 43.7 Å². The van der Waals surface area contributed by atoms with Crippen molar-refractivity contribution in [1.82, 2.24) is 10.2 Å². The van der Waals surface area contributed by atoms with Gasteiger partial charge in [0.15, 0.2) is 0 Å². The van der Waals surface area contributed by atoms with Crippen molar-refractivity contribution in [2.24, 2.45) is 0 Å². The largest absolute Gasteiger partial charge is 0.398 e. The highest BCUT2D eigenvalue weighted by Crippen LogP contribution is 2.25. The Morgan fingerprint density at radius 3 is 2.56 bits per heavy atom. The van der Waals surface area contributed by atoms with Crippen LogP contribution in [0.1, 0.15) is 21.3 Å². The van der Waals surface area contributed by atoms with E-state index in [1.165, 1.54) is 4.88 Å². The van der Waals surface area contributed by atoms with Crippen molar-refractivity contribution in [3.63, 3.8) is 0 Å². The lowest BCUT2D eigenvalue weighted by atomic mass is 10.1. The summed E-state index contributed by atoms with van der Waals surface area (Å²) in [6.07, 6.45) is 0. The molecule has 1 fully saturated rings. The molecule has 8 heteroatoms. The van der Waals surface area contributed by atoms with E-state index < -0.39 is 0 Å². The average Bonchev–Trinajstić information content (AvgIpc) is 3.10. The number of nitrogens with two attached hydrogens (primary N) is 1. The van der Waals surface area contributed by atoms with Crippen molar-refractivity contribution in [2.75, 3.05) is 38.6 Å². The molecule has 1 atom stereocenters. The van der Waals surface area contributed by atoms with E-state index >= 15 is 0 Å². The Balaban J connectivity index is 0.00000156. The molecule has 1 aromatic carbocycles. The topological polar surface area (TPSA) is 67.6 Å². The van der Waals surface area contributed by atoms with E-state index in [1.807, 2.05) is 18.2 Å². The summed E-state index contributed by atoms with van der Waals surface area (Å²) in [5.41, 5.74) is 6.91. The van der Waals surface area contributed by atoms with Crippen LogP contribution in [0.25, 0.3) is 0 Å². The van der Waals surface area contributed by atoms with Gasteiger partial charge >= 0.3 is 0 Å². The van der Waals surface area contributed by atoms with Gasteiger partial charge in [0.1, 0.15) is 0 Å². The van der Waals surface area contributed by atoms with E-state index in [-0.39, 0.29) is 36.8 Å². The van der Waals surface area contributed by atoms with Crippen LogP contribution in [0.2, 0.25) is 0 Å². The van der Waals surface area contributed by atoms with Crippen LogP contribution in [0, 0.1) is 0 Å². The molecule has 0 bridgehead atoms. The first-order valence-electron chi connectivity index (χ1n) is 7.73. The SMILES string of the molecule is Cl.Cl.Nc1ccccc1C(=O)NCC(c1cccs1)N1CCOCC1. The van der Waals surface area contributed by atoms with E-state index in [1.54, 1.807) is 23.5 Å². The number of carbonyl (C=O) groups is 1. The minimum Gasteiger partial charge on any atom is -0.398 e. The summed E-state index contributed by atoms with van der Waals surface area (Å²) in [7, 11) is 0. The van der Waals surface area contributed by atoms with Crippen LogP contribution >= 0.6 is 36.2 Å². The maximum atomic E-state index is 12.4. The van der Waals surface area contributed by atoms with Gasteiger partial charge in [-0.2, -0.15) is 0 Å². The zero-order chi connectivity index (χ0) is 16.1. The summed E-state index contributed by atoms with van der Waals surface area (Å²) in [6, 6.07) is 11.5. The number of para-hydroxylation sites is 1.